The van der Waals surface area contributed by atoms with Gasteiger partial charge in [0.1, 0.15) is 12.4 Å². The lowest BCUT2D eigenvalue weighted by atomic mass is 9.68. The van der Waals surface area contributed by atoms with Crippen molar-refractivity contribution >= 4 is 11.8 Å². The smallest absolute Gasteiger partial charge is 0.336 e. The Hall–Kier alpha value is -2.60. The van der Waals surface area contributed by atoms with Gasteiger partial charge in [-0.25, -0.2) is 4.79 Å². The van der Waals surface area contributed by atoms with Crippen LogP contribution in [0.15, 0.2) is 46.8 Å². The van der Waals surface area contributed by atoms with Crippen LogP contribution in [0.4, 0.5) is 0 Å². The van der Waals surface area contributed by atoms with Gasteiger partial charge >= 0.3 is 5.97 Å². The molecule has 0 bridgehead atoms. The van der Waals surface area contributed by atoms with Gasteiger partial charge < -0.3 is 19.9 Å². The fourth-order valence-corrected chi connectivity index (χ4v) is 4.20. The minimum Gasteiger partial charge on any atom is -0.508 e. The number of Topliss-reactive ketones (excluding diaryl/α,β-unsaturated/α-hetero) is 1. The molecule has 1 aliphatic heterocycles. The number of benzene rings is 1. The van der Waals surface area contributed by atoms with Crippen molar-refractivity contribution in [2.75, 3.05) is 13.2 Å². The summed E-state index contributed by atoms with van der Waals surface area (Å²) in [6.07, 6.45) is 1.21. The summed E-state index contributed by atoms with van der Waals surface area (Å²) < 4.78 is 10.9. The first kappa shape index (κ1) is 22.1. The number of hydrogen-bond acceptors (Lipinski definition) is 6. The third-order valence-corrected chi connectivity index (χ3v) is 5.45. The summed E-state index contributed by atoms with van der Waals surface area (Å²) >= 11 is 0. The van der Waals surface area contributed by atoms with E-state index < -0.39 is 11.9 Å². The number of aromatic hydroxyl groups is 1. The second kappa shape index (κ2) is 8.64. The number of nitrogens with one attached hydrogen (secondary N) is 1. The molecule has 2 N–H and O–H groups in total. The molecule has 1 heterocycles. The predicted octanol–water partition coefficient (Wildman–Crippen LogP) is 3.96. The molecule has 0 saturated heterocycles. The Morgan fingerprint density at radius 1 is 1.20 bits per heavy atom. The molecule has 0 saturated carbocycles. The van der Waals surface area contributed by atoms with Crippen LogP contribution in [-0.2, 0) is 19.1 Å². The van der Waals surface area contributed by atoms with E-state index >= 15 is 0 Å². The molecule has 0 amide bonds. The number of phenols is 1. The van der Waals surface area contributed by atoms with E-state index in [9.17, 15) is 14.7 Å². The van der Waals surface area contributed by atoms with E-state index in [1.807, 2.05) is 20.8 Å². The third-order valence-electron chi connectivity index (χ3n) is 5.45. The van der Waals surface area contributed by atoms with Gasteiger partial charge in [-0.1, -0.05) is 26.0 Å². The quantitative estimate of drug-likeness (QED) is 0.542. The summed E-state index contributed by atoms with van der Waals surface area (Å²) in [5.41, 5.74) is 3.24. The first-order valence-corrected chi connectivity index (χ1v) is 10.4. The Morgan fingerprint density at radius 3 is 2.50 bits per heavy atom. The monoisotopic (exact) mass is 413 g/mol. The van der Waals surface area contributed by atoms with E-state index in [1.165, 1.54) is 0 Å². The number of hydrogen-bond donors (Lipinski definition) is 2. The molecule has 1 aliphatic carbocycles. The highest BCUT2D eigenvalue weighted by Crippen LogP contribution is 2.46. The Bertz CT molecular complexity index is 893. The fraction of sp³-hybridized carbons (Fsp3) is 0.500. The number of ketones is 1. The zero-order valence-corrected chi connectivity index (χ0v) is 18.4. The Balaban J connectivity index is 1.97. The average Bonchev–Trinajstić information content (AvgIpc) is 2.63. The number of carbonyl (C=O) groups is 2. The lowest BCUT2D eigenvalue weighted by Gasteiger charge is -2.39. The van der Waals surface area contributed by atoms with Crippen LogP contribution in [0.2, 0.25) is 0 Å². The number of ether oxygens (including phenoxy) is 2. The second-order valence-electron chi connectivity index (χ2n) is 9.08. The minimum atomic E-state index is -0.524. The van der Waals surface area contributed by atoms with E-state index in [4.69, 9.17) is 9.47 Å². The van der Waals surface area contributed by atoms with Crippen molar-refractivity contribution in [3.63, 3.8) is 0 Å². The maximum Gasteiger partial charge on any atom is 0.336 e. The summed E-state index contributed by atoms with van der Waals surface area (Å²) in [5.74, 6) is -0.819. The van der Waals surface area contributed by atoms with Crippen molar-refractivity contribution in [2.45, 2.75) is 59.5 Å². The van der Waals surface area contributed by atoms with Crippen molar-refractivity contribution in [1.82, 2.24) is 5.32 Å². The molecular weight excluding hydrogens is 382 g/mol. The van der Waals surface area contributed by atoms with E-state index in [0.29, 0.717) is 29.9 Å². The normalized spacial score (nSPS) is 20.9. The molecule has 0 spiro atoms. The van der Waals surface area contributed by atoms with Crippen LogP contribution >= 0.6 is 0 Å². The highest BCUT2D eigenvalue weighted by Gasteiger charge is 2.43. The van der Waals surface area contributed by atoms with Crippen molar-refractivity contribution in [3.8, 4) is 5.75 Å². The largest absolute Gasteiger partial charge is 0.508 e. The number of allylic oxidation sites excluding steroid dienone is 3. The maximum atomic E-state index is 13.2. The van der Waals surface area contributed by atoms with E-state index in [2.05, 4.69) is 19.2 Å². The average molecular weight is 414 g/mol. The van der Waals surface area contributed by atoms with Gasteiger partial charge in [0, 0.05) is 29.3 Å². The van der Waals surface area contributed by atoms with Crippen LogP contribution < -0.4 is 5.32 Å². The summed E-state index contributed by atoms with van der Waals surface area (Å²) in [7, 11) is 0. The molecule has 3 rings (SSSR count). The summed E-state index contributed by atoms with van der Waals surface area (Å²) in [4.78, 5) is 26.2. The molecule has 6 heteroatoms. The SMILES string of the molecule is CC1=C(C(=O)OCCOC(C)C)[C@H](c2ccc(O)cc2)C2=C(CC(C)(C)CC2=O)N1. The molecule has 162 valence electrons. The lowest BCUT2D eigenvalue weighted by molar-refractivity contribution is -0.141. The molecule has 1 aromatic carbocycles. The van der Waals surface area contributed by atoms with Gasteiger partial charge in [0.05, 0.1) is 18.3 Å². The standard InChI is InChI=1S/C24H31NO5/c1-14(2)29-10-11-30-23(28)20-15(3)25-18-12-24(4,5)13-19(27)22(18)21(20)16-6-8-17(26)9-7-16/h6-9,14,21,25-26H,10-13H2,1-5H3/t21-/m0/s1. The predicted molar refractivity (Wildman–Crippen MR) is 114 cm³/mol. The van der Waals surface area contributed by atoms with Crippen molar-refractivity contribution in [2.24, 2.45) is 5.41 Å². The number of dihydropyridines is 1. The molecule has 0 radical (unpaired) electrons. The minimum absolute atomic E-state index is 0.0350. The maximum absolute atomic E-state index is 13.2. The Morgan fingerprint density at radius 2 is 1.87 bits per heavy atom. The first-order chi connectivity index (χ1) is 14.1. The van der Waals surface area contributed by atoms with E-state index in [1.54, 1.807) is 24.3 Å². The zero-order valence-electron chi connectivity index (χ0n) is 18.4. The van der Waals surface area contributed by atoms with E-state index in [-0.39, 0.29) is 29.7 Å². The highest BCUT2D eigenvalue weighted by atomic mass is 16.6. The summed E-state index contributed by atoms with van der Waals surface area (Å²) in [6, 6.07) is 6.66. The molecule has 0 aromatic heterocycles. The van der Waals surface area contributed by atoms with Crippen LogP contribution in [-0.4, -0.2) is 36.2 Å². The summed E-state index contributed by atoms with van der Waals surface area (Å²) in [6.45, 7) is 10.3. The van der Waals surface area contributed by atoms with Gasteiger partial charge in [-0.15, -0.1) is 0 Å². The van der Waals surface area contributed by atoms with Crippen LogP contribution in [0, 0.1) is 5.41 Å². The third kappa shape index (κ3) is 4.75. The van der Waals surface area contributed by atoms with Crippen LogP contribution in [0.5, 0.6) is 5.75 Å². The molecule has 1 aromatic rings. The zero-order chi connectivity index (χ0) is 22.1. The molecule has 2 aliphatic rings. The van der Waals surface area contributed by atoms with Gasteiger partial charge in [-0.05, 0) is 50.3 Å². The second-order valence-corrected chi connectivity index (χ2v) is 9.08. The number of carbonyl (C=O) groups excluding carboxylic acids is 2. The number of phenolic OH excluding ortho intramolecular Hbond substituents is 1. The Labute approximate surface area is 178 Å². The van der Waals surface area contributed by atoms with Crippen molar-refractivity contribution in [3.05, 3.63) is 52.4 Å². The molecule has 0 unspecified atom stereocenters. The molecule has 30 heavy (non-hydrogen) atoms. The molecular formula is C24H31NO5. The molecule has 1 atom stereocenters. The number of esters is 1. The first-order valence-electron chi connectivity index (χ1n) is 10.4. The highest BCUT2D eigenvalue weighted by molar-refractivity contribution is 6.04. The molecule has 0 fully saturated rings. The Kier molecular flexibility index (Phi) is 6.36. The van der Waals surface area contributed by atoms with Gasteiger partial charge in [0.25, 0.3) is 0 Å². The topological polar surface area (TPSA) is 84.9 Å². The molecule has 6 nitrogen and oxygen atoms in total. The number of rotatable bonds is 6. The van der Waals surface area contributed by atoms with Gasteiger partial charge in [-0.3, -0.25) is 4.79 Å². The fourth-order valence-electron chi connectivity index (χ4n) is 4.20. The van der Waals surface area contributed by atoms with Crippen molar-refractivity contribution < 1.29 is 24.2 Å². The van der Waals surface area contributed by atoms with E-state index in [0.717, 1.165) is 17.7 Å². The van der Waals surface area contributed by atoms with Gasteiger partial charge in [-0.2, -0.15) is 0 Å². The summed E-state index contributed by atoms with van der Waals surface area (Å²) in [5, 5.41) is 13.0. The van der Waals surface area contributed by atoms with Crippen LogP contribution in [0.25, 0.3) is 0 Å². The lowest BCUT2D eigenvalue weighted by Crippen LogP contribution is -2.38. The van der Waals surface area contributed by atoms with Crippen LogP contribution in [0.1, 0.15) is 58.9 Å². The van der Waals surface area contributed by atoms with Crippen LogP contribution in [0.3, 0.4) is 0 Å². The van der Waals surface area contributed by atoms with Gasteiger partial charge in [0.15, 0.2) is 5.78 Å². The van der Waals surface area contributed by atoms with Gasteiger partial charge in [0.2, 0.25) is 0 Å². The van der Waals surface area contributed by atoms with Crippen molar-refractivity contribution in [1.29, 1.82) is 0 Å².